The lowest BCUT2D eigenvalue weighted by Crippen LogP contribution is -2.31. The molecule has 2 atom stereocenters. The van der Waals surface area contributed by atoms with Crippen LogP contribution >= 0.6 is 0 Å². The molecule has 2 heterocycles. The maximum atomic E-state index is 9.48. The van der Waals surface area contributed by atoms with Gasteiger partial charge in [-0.05, 0) is 12.0 Å². The third kappa shape index (κ3) is 2.19. The lowest BCUT2D eigenvalue weighted by molar-refractivity contribution is 0.436. The number of nitrogens with one attached hydrogen (secondary N) is 2. The van der Waals surface area contributed by atoms with Gasteiger partial charge in [-0.25, -0.2) is 0 Å². The van der Waals surface area contributed by atoms with E-state index in [1.54, 1.807) is 0 Å². The summed E-state index contributed by atoms with van der Waals surface area (Å²) in [4.78, 5) is 0. The predicted molar refractivity (Wildman–Crippen MR) is 78.3 cm³/mol. The van der Waals surface area contributed by atoms with Crippen LogP contribution in [0.1, 0.15) is 36.1 Å². The first kappa shape index (κ1) is 13.4. The average Bonchev–Trinajstić information content (AvgIpc) is 2.89. The molecule has 21 heavy (non-hydrogen) atoms. The molecule has 0 amide bonds. The van der Waals surface area contributed by atoms with Crippen LogP contribution in [-0.2, 0) is 6.42 Å². The number of nitrogens with zero attached hydrogens (tertiary/aromatic N) is 2. The molecule has 3 rings (SSSR count). The van der Waals surface area contributed by atoms with Gasteiger partial charge in [0.25, 0.3) is 0 Å². The molecular formula is C16H16N4O. The van der Waals surface area contributed by atoms with Gasteiger partial charge in [0.1, 0.15) is 5.92 Å². The van der Waals surface area contributed by atoms with Crippen LogP contribution in [0.15, 0.2) is 30.3 Å². The van der Waals surface area contributed by atoms with Gasteiger partial charge < -0.3 is 4.74 Å². The zero-order chi connectivity index (χ0) is 14.8. The number of nitriles is 1. The van der Waals surface area contributed by atoms with E-state index in [2.05, 4.69) is 23.2 Å². The van der Waals surface area contributed by atoms with E-state index in [0.717, 1.165) is 29.7 Å². The van der Waals surface area contributed by atoms with Crippen molar-refractivity contribution >= 4 is 5.90 Å². The lowest BCUT2D eigenvalue weighted by Gasteiger charge is -2.28. The highest BCUT2D eigenvalue weighted by molar-refractivity contribution is 5.84. The molecular weight excluding hydrogens is 264 g/mol. The molecule has 5 heteroatoms. The van der Waals surface area contributed by atoms with E-state index < -0.39 is 5.92 Å². The van der Waals surface area contributed by atoms with Crippen LogP contribution in [0.2, 0.25) is 0 Å². The maximum Gasteiger partial charge on any atom is 0.243 e. The molecule has 0 spiro atoms. The summed E-state index contributed by atoms with van der Waals surface area (Å²) in [7, 11) is 0. The molecule has 2 N–H and O–H groups in total. The van der Waals surface area contributed by atoms with Gasteiger partial charge in [0.2, 0.25) is 11.8 Å². The van der Waals surface area contributed by atoms with Gasteiger partial charge in [-0.3, -0.25) is 10.5 Å². The van der Waals surface area contributed by atoms with Crippen molar-refractivity contribution in [1.82, 2.24) is 10.2 Å². The van der Waals surface area contributed by atoms with E-state index in [-0.39, 0.29) is 11.8 Å². The normalized spacial score (nSPS) is 20.5. The summed E-state index contributed by atoms with van der Waals surface area (Å²) in [6, 6.07) is 12.0. The second-order valence-corrected chi connectivity index (χ2v) is 5.13. The Kier molecular flexibility index (Phi) is 3.44. The molecule has 1 aliphatic rings. The highest BCUT2D eigenvalue weighted by Gasteiger charge is 2.40. The minimum atomic E-state index is -0.617. The number of aryl methyl sites for hydroxylation is 1. The Morgan fingerprint density at radius 1 is 1.38 bits per heavy atom. The molecule has 0 bridgehead atoms. The van der Waals surface area contributed by atoms with Crippen molar-refractivity contribution in [2.45, 2.75) is 25.7 Å². The Labute approximate surface area is 123 Å². The Morgan fingerprint density at radius 2 is 2.14 bits per heavy atom. The molecule has 0 radical (unpaired) electrons. The molecule has 0 saturated carbocycles. The van der Waals surface area contributed by atoms with Crippen LogP contribution in [0.3, 0.4) is 0 Å². The largest absolute Gasteiger partial charge is 0.422 e. The summed E-state index contributed by atoms with van der Waals surface area (Å²) in [5, 5.41) is 24.6. The zero-order valence-electron chi connectivity index (χ0n) is 11.8. The van der Waals surface area contributed by atoms with Gasteiger partial charge in [0, 0.05) is 17.2 Å². The van der Waals surface area contributed by atoms with Crippen LogP contribution in [0.4, 0.5) is 0 Å². The molecule has 2 unspecified atom stereocenters. The first-order valence-electron chi connectivity index (χ1n) is 7.04. The standard InChI is InChI=1S/C16H16N4O/c1-2-6-12-14-13(10-7-4-3-5-8-10)11(9-17)15(18)21-16(14)20-19-12/h3-5,7-8,11,13,18H,2,6H2,1H3,(H,19,20). The summed E-state index contributed by atoms with van der Waals surface area (Å²) in [5.74, 6) is -0.418. The fourth-order valence-electron chi connectivity index (χ4n) is 2.85. The topological polar surface area (TPSA) is 85.5 Å². The van der Waals surface area contributed by atoms with Gasteiger partial charge in [-0.2, -0.15) is 5.26 Å². The Morgan fingerprint density at radius 3 is 2.81 bits per heavy atom. The van der Waals surface area contributed by atoms with Crippen molar-refractivity contribution in [3.8, 4) is 11.9 Å². The minimum Gasteiger partial charge on any atom is -0.422 e. The highest BCUT2D eigenvalue weighted by Crippen LogP contribution is 2.42. The summed E-state index contributed by atoms with van der Waals surface area (Å²) in [6.07, 6.45) is 1.82. The number of rotatable bonds is 3. The lowest BCUT2D eigenvalue weighted by atomic mass is 9.79. The van der Waals surface area contributed by atoms with Crippen molar-refractivity contribution in [2.75, 3.05) is 0 Å². The predicted octanol–water partition coefficient (Wildman–Crippen LogP) is 3.00. The number of ether oxygens (including phenoxy) is 1. The third-order valence-electron chi connectivity index (χ3n) is 3.78. The summed E-state index contributed by atoms with van der Waals surface area (Å²) >= 11 is 0. The molecule has 5 nitrogen and oxygen atoms in total. The fourth-order valence-corrected chi connectivity index (χ4v) is 2.85. The number of hydrogen-bond donors (Lipinski definition) is 2. The van der Waals surface area contributed by atoms with Gasteiger partial charge >= 0.3 is 0 Å². The molecule has 1 aliphatic heterocycles. The summed E-state index contributed by atoms with van der Waals surface area (Å²) in [6.45, 7) is 2.10. The number of aromatic amines is 1. The molecule has 1 aromatic heterocycles. The van der Waals surface area contributed by atoms with Crippen LogP contribution in [-0.4, -0.2) is 16.1 Å². The molecule has 1 aromatic carbocycles. The van der Waals surface area contributed by atoms with E-state index in [0.29, 0.717) is 5.88 Å². The second-order valence-electron chi connectivity index (χ2n) is 5.13. The Bertz CT molecular complexity index is 699. The van der Waals surface area contributed by atoms with E-state index >= 15 is 0 Å². The van der Waals surface area contributed by atoms with Crippen LogP contribution in [0, 0.1) is 22.7 Å². The van der Waals surface area contributed by atoms with E-state index in [1.807, 2.05) is 30.3 Å². The van der Waals surface area contributed by atoms with Crippen LogP contribution < -0.4 is 4.74 Å². The summed E-state index contributed by atoms with van der Waals surface area (Å²) in [5.41, 5.74) is 2.93. The number of H-pyrrole nitrogens is 1. The first-order chi connectivity index (χ1) is 10.3. The van der Waals surface area contributed by atoms with Gasteiger partial charge in [-0.15, -0.1) is 5.10 Å². The molecule has 0 fully saturated rings. The average molecular weight is 280 g/mol. The van der Waals surface area contributed by atoms with Crippen molar-refractivity contribution < 1.29 is 4.74 Å². The number of benzene rings is 1. The number of fused-ring (bicyclic) bond motifs is 1. The maximum absolute atomic E-state index is 9.48. The van der Waals surface area contributed by atoms with Gasteiger partial charge in [0.15, 0.2) is 0 Å². The quantitative estimate of drug-likeness (QED) is 0.906. The highest BCUT2D eigenvalue weighted by atomic mass is 16.5. The zero-order valence-corrected chi connectivity index (χ0v) is 11.8. The minimum absolute atomic E-state index is 0.0339. The van der Waals surface area contributed by atoms with Crippen molar-refractivity contribution in [3.63, 3.8) is 0 Å². The third-order valence-corrected chi connectivity index (χ3v) is 3.78. The van der Waals surface area contributed by atoms with Crippen molar-refractivity contribution in [3.05, 3.63) is 47.2 Å². The van der Waals surface area contributed by atoms with E-state index in [9.17, 15) is 5.26 Å². The summed E-state index contributed by atoms with van der Waals surface area (Å²) < 4.78 is 5.43. The fraction of sp³-hybridized carbons (Fsp3) is 0.312. The first-order valence-corrected chi connectivity index (χ1v) is 7.04. The number of hydrogen-bond acceptors (Lipinski definition) is 4. The molecule has 2 aromatic rings. The van der Waals surface area contributed by atoms with E-state index in [4.69, 9.17) is 10.1 Å². The molecule has 0 aliphatic carbocycles. The van der Waals surface area contributed by atoms with Crippen molar-refractivity contribution in [1.29, 1.82) is 10.7 Å². The van der Waals surface area contributed by atoms with Gasteiger partial charge in [-0.1, -0.05) is 43.7 Å². The molecule has 106 valence electrons. The second kappa shape index (κ2) is 5.41. The van der Waals surface area contributed by atoms with E-state index in [1.165, 1.54) is 0 Å². The smallest absolute Gasteiger partial charge is 0.243 e. The number of aromatic nitrogens is 2. The molecule has 0 saturated heterocycles. The monoisotopic (exact) mass is 280 g/mol. The van der Waals surface area contributed by atoms with Crippen LogP contribution in [0.5, 0.6) is 5.88 Å². The SMILES string of the molecule is CCCc1[nH]nc2c1C(c1ccccc1)C(C#N)C(=N)O2. The van der Waals surface area contributed by atoms with Crippen molar-refractivity contribution in [2.24, 2.45) is 5.92 Å². The van der Waals surface area contributed by atoms with Crippen LogP contribution in [0.25, 0.3) is 0 Å². The Balaban J connectivity index is 2.17. The Hall–Kier alpha value is -2.61. The van der Waals surface area contributed by atoms with Gasteiger partial charge in [0.05, 0.1) is 6.07 Å².